The Kier molecular flexibility index (Phi) is 4.61. The van der Waals surface area contributed by atoms with Gasteiger partial charge >= 0.3 is 0 Å². The molecule has 1 heterocycles. The molecule has 0 unspecified atom stereocenters. The van der Waals surface area contributed by atoms with Gasteiger partial charge in [-0.05, 0) is 26.5 Å². The Morgan fingerprint density at radius 3 is 2.47 bits per heavy atom. The molecule has 1 aromatic heterocycles. The zero-order chi connectivity index (χ0) is 13.8. The fourth-order valence-electron chi connectivity index (χ4n) is 2.08. The van der Waals surface area contributed by atoms with Gasteiger partial charge in [0.25, 0.3) is 0 Å². The minimum atomic E-state index is 0.744. The van der Waals surface area contributed by atoms with Crippen molar-refractivity contribution in [3.63, 3.8) is 0 Å². The lowest BCUT2D eigenvalue weighted by atomic mass is 10.1. The van der Waals surface area contributed by atoms with Crippen LogP contribution in [0.1, 0.15) is 22.5 Å². The zero-order valence-corrected chi connectivity index (χ0v) is 12.7. The first-order valence-electron chi connectivity index (χ1n) is 6.33. The van der Waals surface area contributed by atoms with Crippen LogP contribution in [-0.2, 0) is 19.3 Å². The van der Waals surface area contributed by atoms with Gasteiger partial charge in [-0.3, -0.25) is 0 Å². The SMILES string of the molecule is CNCc1nnc(SCc2cc(C)cc(C)c2)n1C. The van der Waals surface area contributed by atoms with Crippen molar-refractivity contribution in [3.8, 4) is 0 Å². The number of rotatable bonds is 5. The first kappa shape index (κ1) is 14.1. The van der Waals surface area contributed by atoms with Crippen LogP contribution < -0.4 is 5.32 Å². The molecular weight excluding hydrogens is 256 g/mol. The Morgan fingerprint density at radius 2 is 1.84 bits per heavy atom. The van der Waals surface area contributed by atoms with Crippen LogP contribution in [0.15, 0.2) is 23.4 Å². The van der Waals surface area contributed by atoms with Crippen LogP contribution in [0.25, 0.3) is 0 Å². The normalized spacial score (nSPS) is 10.9. The molecule has 2 aromatic rings. The predicted molar refractivity (Wildman–Crippen MR) is 79.2 cm³/mol. The maximum absolute atomic E-state index is 4.23. The number of aryl methyl sites for hydroxylation is 2. The molecule has 0 bridgehead atoms. The van der Waals surface area contributed by atoms with Gasteiger partial charge in [-0.2, -0.15) is 0 Å². The number of aromatic nitrogens is 3. The first-order valence-corrected chi connectivity index (χ1v) is 7.31. The van der Waals surface area contributed by atoms with Crippen molar-refractivity contribution in [2.75, 3.05) is 7.05 Å². The molecule has 0 saturated carbocycles. The second-order valence-electron chi connectivity index (χ2n) is 4.77. The highest BCUT2D eigenvalue weighted by Gasteiger charge is 2.08. The first-order chi connectivity index (χ1) is 9.10. The summed E-state index contributed by atoms with van der Waals surface area (Å²) in [6.07, 6.45) is 0. The number of hydrogen-bond acceptors (Lipinski definition) is 4. The van der Waals surface area contributed by atoms with E-state index >= 15 is 0 Å². The summed E-state index contributed by atoms with van der Waals surface area (Å²) < 4.78 is 2.05. The van der Waals surface area contributed by atoms with E-state index in [1.165, 1.54) is 16.7 Å². The van der Waals surface area contributed by atoms with Gasteiger partial charge < -0.3 is 9.88 Å². The van der Waals surface area contributed by atoms with Gasteiger partial charge in [-0.1, -0.05) is 41.1 Å². The largest absolute Gasteiger partial charge is 0.313 e. The summed E-state index contributed by atoms with van der Waals surface area (Å²) in [4.78, 5) is 0. The van der Waals surface area contributed by atoms with Crippen molar-refractivity contribution in [1.29, 1.82) is 0 Å². The smallest absolute Gasteiger partial charge is 0.191 e. The van der Waals surface area contributed by atoms with E-state index in [2.05, 4.69) is 47.6 Å². The predicted octanol–water partition coefficient (Wildman–Crippen LogP) is 2.44. The number of nitrogens with zero attached hydrogens (tertiary/aromatic N) is 3. The average Bonchev–Trinajstić information content (AvgIpc) is 2.68. The van der Waals surface area contributed by atoms with Crippen LogP contribution in [-0.4, -0.2) is 21.8 Å². The highest BCUT2D eigenvalue weighted by molar-refractivity contribution is 7.98. The van der Waals surface area contributed by atoms with Crippen LogP contribution in [0, 0.1) is 13.8 Å². The van der Waals surface area contributed by atoms with Crippen molar-refractivity contribution < 1.29 is 0 Å². The van der Waals surface area contributed by atoms with Gasteiger partial charge in [0.05, 0.1) is 6.54 Å². The van der Waals surface area contributed by atoms with Crippen LogP contribution in [0.2, 0.25) is 0 Å². The Hall–Kier alpha value is -1.33. The molecule has 4 nitrogen and oxygen atoms in total. The number of hydrogen-bond donors (Lipinski definition) is 1. The van der Waals surface area contributed by atoms with Gasteiger partial charge in [-0.15, -0.1) is 10.2 Å². The molecule has 0 aliphatic carbocycles. The molecule has 5 heteroatoms. The maximum atomic E-state index is 4.23. The van der Waals surface area contributed by atoms with Crippen molar-refractivity contribution >= 4 is 11.8 Å². The topological polar surface area (TPSA) is 42.7 Å². The maximum Gasteiger partial charge on any atom is 0.191 e. The quantitative estimate of drug-likeness (QED) is 0.852. The monoisotopic (exact) mass is 276 g/mol. The summed E-state index contributed by atoms with van der Waals surface area (Å²) in [5, 5.41) is 12.5. The third-order valence-corrected chi connectivity index (χ3v) is 4.00. The number of nitrogens with one attached hydrogen (secondary N) is 1. The molecule has 0 aliphatic heterocycles. The molecule has 2 rings (SSSR count). The average molecular weight is 276 g/mol. The fraction of sp³-hybridized carbons (Fsp3) is 0.429. The summed E-state index contributed by atoms with van der Waals surface area (Å²) in [5.74, 6) is 1.89. The molecule has 0 fully saturated rings. The van der Waals surface area contributed by atoms with Crippen LogP contribution in [0.5, 0.6) is 0 Å². The Bertz CT molecular complexity index is 542. The van der Waals surface area contributed by atoms with Gasteiger partial charge in [0, 0.05) is 12.8 Å². The lowest BCUT2D eigenvalue weighted by molar-refractivity contribution is 0.682. The van der Waals surface area contributed by atoms with Gasteiger partial charge in [0.1, 0.15) is 5.82 Å². The molecule has 0 aliphatic rings. The number of thioether (sulfide) groups is 1. The lowest BCUT2D eigenvalue weighted by Crippen LogP contribution is -2.10. The zero-order valence-electron chi connectivity index (χ0n) is 11.9. The summed E-state index contributed by atoms with van der Waals surface area (Å²) in [7, 11) is 3.92. The Labute approximate surface area is 118 Å². The standard InChI is InChI=1S/C14H20N4S/c1-10-5-11(2)7-12(6-10)9-19-14-17-16-13(8-15-3)18(14)4/h5-7,15H,8-9H2,1-4H3. The van der Waals surface area contributed by atoms with E-state index in [1.807, 2.05) is 18.7 Å². The van der Waals surface area contributed by atoms with Gasteiger partial charge in [0.2, 0.25) is 0 Å². The van der Waals surface area contributed by atoms with Crippen molar-refractivity contribution in [2.24, 2.45) is 7.05 Å². The van der Waals surface area contributed by atoms with Gasteiger partial charge in [0.15, 0.2) is 5.16 Å². The molecule has 102 valence electrons. The lowest BCUT2D eigenvalue weighted by Gasteiger charge is -2.05. The summed E-state index contributed by atoms with van der Waals surface area (Å²) in [6.45, 7) is 5.01. The second-order valence-corrected chi connectivity index (χ2v) is 5.72. The summed E-state index contributed by atoms with van der Waals surface area (Å²) in [5.41, 5.74) is 3.95. The minimum Gasteiger partial charge on any atom is -0.313 e. The van der Waals surface area contributed by atoms with Crippen LogP contribution >= 0.6 is 11.8 Å². The second kappa shape index (κ2) is 6.21. The van der Waals surface area contributed by atoms with E-state index in [1.54, 1.807) is 11.8 Å². The molecule has 0 spiro atoms. The number of benzene rings is 1. The molecule has 0 amide bonds. The molecule has 19 heavy (non-hydrogen) atoms. The van der Waals surface area contributed by atoms with Crippen LogP contribution in [0.4, 0.5) is 0 Å². The van der Waals surface area contributed by atoms with Crippen molar-refractivity contribution in [1.82, 2.24) is 20.1 Å². The van der Waals surface area contributed by atoms with E-state index < -0.39 is 0 Å². The van der Waals surface area contributed by atoms with E-state index in [4.69, 9.17) is 0 Å². The Balaban J connectivity index is 2.06. The molecule has 0 atom stereocenters. The summed E-state index contributed by atoms with van der Waals surface area (Å²) in [6, 6.07) is 6.65. The summed E-state index contributed by atoms with van der Waals surface area (Å²) >= 11 is 1.73. The van der Waals surface area contributed by atoms with E-state index in [0.717, 1.165) is 23.3 Å². The van der Waals surface area contributed by atoms with Crippen molar-refractivity contribution in [3.05, 3.63) is 40.7 Å². The molecule has 1 aromatic carbocycles. The van der Waals surface area contributed by atoms with E-state index in [-0.39, 0.29) is 0 Å². The van der Waals surface area contributed by atoms with Crippen LogP contribution in [0.3, 0.4) is 0 Å². The third-order valence-electron chi connectivity index (χ3n) is 2.91. The molecule has 0 saturated heterocycles. The minimum absolute atomic E-state index is 0.744. The Morgan fingerprint density at radius 1 is 1.16 bits per heavy atom. The molecule has 1 N–H and O–H groups in total. The fourth-order valence-corrected chi connectivity index (χ4v) is 2.94. The highest BCUT2D eigenvalue weighted by atomic mass is 32.2. The van der Waals surface area contributed by atoms with Gasteiger partial charge in [-0.25, -0.2) is 0 Å². The van der Waals surface area contributed by atoms with E-state index in [0.29, 0.717) is 0 Å². The third kappa shape index (κ3) is 3.58. The molecule has 0 radical (unpaired) electrons. The molecular formula is C14H20N4S. The van der Waals surface area contributed by atoms with E-state index in [9.17, 15) is 0 Å². The van der Waals surface area contributed by atoms with Crippen molar-refractivity contribution in [2.45, 2.75) is 31.3 Å². The highest BCUT2D eigenvalue weighted by Crippen LogP contribution is 2.22.